The van der Waals surface area contributed by atoms with Crippen molar-refractivity contribution < 1.29 is 4.39 Å². The van der Waals surface area contributed by atoms with Gasteiger partial charge in [-0.1, -0.05) is 15.9 Å². The molecule has 0 saturated carbocycles. The molecule has 1 aromatic heterocycles. The van der Waals surface area contributed by atoms with E-state index in [0.29, 0.717) is 0 Å². The maximum absolute atomic E-state index is 13.3. The van der Waals surface area contributed by atoms with Gasteiger partial charge in [0, 0.05) is 33.2 Å². The lowest BCUT2D eigenvalue weighted by atomic mass is 10.1. The zero-order chi connectivity index (χ0) is 14.0. The lowest BCUT2D eigenvalue weighted by molar-refractivity contribution is 0.426. The summed E-state index contributed by atoms with van der Waals surface area (Å²) in [5.74, 6) is -0.247. The maximum Gasteiger partial charge on any atom is 0.124 e. The normalized spacial score (nSPS) is 11.8. The Morgan fingerprint density at radius 3 is 2.79 bits per heavy atom. The molecule has 0 saturated heterocycles. The van der Waals surface area contributed by atoms with Crippen molar-refractivity contribution in [3.63, 3.8) is 0 Å². The Bertz CT molecular complexity index is 575. The van der Waals surface area contributed by atoms with E-state index in [4.69, 9.17) is 0 Å². The van der Waals surface area contributed by atoms with E-state index < -0.39 is 0 Å². The first-order chi connectivity index (χ1) is 8.85. The van der Waals surface area contributed by atoms with Gasteiger partial charge in [0.05, 0.1) is 0 Å². The molecule has 5 heteroatoms. The van der Waals surface area contributed by atoms with E-state index in [-0.39, 0.29) is 11.4 Å². The third kappa shape index (κ3) is 4.09. The van der Waals surface area contributed by atoms with Gasteiger partial charge in [-0.15, -0.1) is 11.3 Å². The number of nitrogens with zero attached hydrogens (tertiary/aromatic N) is 1. The minimum Gasteiger partial charge on any atom is -0.307 e. The van der Waals surface area contributed by atoms with Crippen molar-refractivity contribution in [1.82, 2.24) is 10.3 Å². The number of benzene rings is 1. The molecule has 1 N–H and O–H groups in total. The highest BCUT2D eigenvalue weighted by molar-refractivity contribution is 9.10. The van der Waals surface area contributed by atoms with Crippen molar-refractivity contribution in [3.05, 3.63) is 39.6 Å². The van der Waals surface area contributed by atoms with Gasteiger partial charge in [-0.25, -0.2) is 9.37 Å². The number of rotatable bonds is 3. The molecule has 0 fully saturated rings. The molecule has 0 aliphatic heterocycles. The van der Waals surface area contributed by atoms with Crippen molar-refractivity contribution in [2.75, 3.05) is 0 Å². The molecular weight excluding hydrogens is 327 g/mol. The number of nitrogens with one attached hydrogen (secondary N) is 1. The Kier molecular flexibility index (Phi) is 4.38. The zero-order valence-electron chi connectivity index (χ0n) is 11.1. The molecule has 0 atom stereocenters. The van der Waals surface area contributed by atoms with Gasteiger partial charge in [-0.3, -0.25) is 0 Å². The van der Waals surface area contributed by atoms with Crippen LogP contribution in [0.5, 0.6) is 0 Å². The third-order valence-corrected chi connectivity index (χ3v) is 4.23. The van der Waals surface area contributed by atoms with Crippen molar-refractivity contribution in [2.45, 2.75) is 32.9 Å². The van der Waals surface area contributed by atoms with E-state index in [1.165, 1.54) is 12.1 Å². The molecular formula is C14H16BrFN2S. The number of thiazole rings is 1. The predicted octanol–water partition coefficient (Wildman–Crippen LogP) is 4.60. The Balaban J connectivity index is 2.19. The second kappa shape index (κ2) is 5.69. The molecule has 0 amide bonds. The zero-order valence-corrected chi connectivity index (χ0v) is 13.5. The SMILES string of the molecule is CC(C)(C)NCc1cnc(-c2cc(F)ccc2Br)s1. The maximum atomic E-state index is 13.3. The van der Waals surface area contributed by atoms with E-state index in [9.17, 15) is 4.39 Å². The monoisotopic (exact) mass is 342 g/mol. The van der Waals surface area contributed by atoms with Crippen LogP contribution in [0.4, 0.5) is 4.39 Å². The van der Waals surface area contributed by atoms with Gasteiger partial charge < -0.3 is 5.32 Å². The van der Waals surface area contributed by atoms with Gasteiger partial charge in [0.2, 0.25) is 0 Å². The Hall–Kier alpha value is -0.780. The molecule has 0 spiro atoms. The fourth-order valence-corrected chi connectivity index (χ4v) is 2.98. The molecule has 0 unspecified atom stereocenters. The molecule has 2 nitrogen and oxygen atoms in total. The number of hydrogen-bond acceptors (Lipinski definition) is 3. The van der Waals surface area contributed by atoms with Crippen LogP contribution in [0.3, 0.4) is 0 Å². The second-order valence-corrected chi connectivity index (χ2v) is 7.33. The number of halogens is 2. The summed E-state index contributed by atoms with van der Waals surface area (Å²) in [4.78, 5) is 5.51. The fraction of sp³-hybridized carbons (Fsp3) is 0.357. The van der Waals surface area contributed by atoms with Gasteiger partial charge in [-0.05, 0) is 39.0 Å². The van der Waals surface area contributed by atoms with Crippen LogP contribution in [-0.2, 0) is 6.54 Å². The highest BCUT2D eigenvalue weighted by Crippen LogP contribution is 2.32. The van der Waals surface area contributed by atoms with Crippen LogP contribution in [0.25, 0.3) is 10.6 Å². The van der Waals surface area contributed by atoms with Crippen LogP contribution in [0.2, 0.25) is 0 Å². The summed E-state index contributed by atoms with van der Waals surface area (Å²) in [5, 5.41) is 4.24. The second-order valence-electron chi connectivity index (χ2n) is 5.36. The first kappa shape index (κ1) is 14.6. The van der Waals surface area contributed by atoms with Crippen LogP contribution in [-0.4, -0.2) is 10.5 Å². The largest absolute Gasteiger partial charge is 0.307 e. The van der Waals surface area contributed by atoms with E-state index in [1.54, 1.807) is 17.4 Å². The number of aromatic nitrogens is 1. The smallest absolute Gasteiger partial charge is 0.124 e. The van der Waals surface area contributed by atoms with Gasteiger partial charge in [0.25, 0.3) is 0 Å². The van der Waals surface area contributed by atoms with Gasteiger partial charge in [-0.2, -0.15) is 0 Å². The van der Waals surface area contributed by atoms with Crippen LogP contribution < -0.4 is 5.32 Å². The molecule has 2 aromatic rings. The van der Waals surface area contributed by atoms with Crippen LogP contribution in [0.1, 0.15) is 25.6 Å². The minimum atomic E-state index is -0.247. The van der Waals surface area contributed by atoms with Crippen molar-refractivity contribution in [1.29, 1.82) is 0 Å². The van der Waals surface area contributed by atoms with E-state index in [1.807, 2.05) is 6.20 Å². The summed E-state index contributed by atoms with van der Waals surface area (Å²) in [7, 11) is 0. The quantitative estimate of drug-likeness (QED) is 0.881. The van der Waals surface area contributed by atoms with E-state index >= 15 is 0 Å². The average molecular weight is 343 g/mol. The standard InChI is InChI=1S/C14H16BrFN2S/c1-14(2,3)18-8-10-7-17-13(19-10)11-6-9(16)4-5-12(11)15/h4-7,18H,8H2,1-3H3. The summed E-state index contributed by atoms with van der Waals surface area (Å²) in [6.07, 6.45) is 1.84. The fourth-order valence-electron chi connectivity index (χ4n) is 1.53. The van der Waals surface area contributed by atoms with Gasteiger partial charge in [0.1, 0.15) is 10.8 Å². The van der Waals surface area contributed by atoms with Crippen molar-refractivity contribution >= 4 is 27.3 Å². The lowest BCUT2D eigenvalue weighted by Crippen LogP contribution is -2.34. The minimum absolute atomic E-state index is 0.0730. The molecule has 0 aliphatic carbocycles. The summed E-state index contributed by atoms with van der Waals surface area (Å²) in [6.45, 7) is 7.14. The lowest BCUT2D eigenvalue weighted by Gasteiger charge is -2.19. The number of hydrogen-bond donors (Lipinski definition) is 1. The predicted molar refractivity (Wildman–Crippen MR) is 81.8 cm³/mol. The summed E-state index contributed by atoms with van der Waals surface area (Å²) >= 11 is 5.01. The van der Waals surface area contributed by atoms with Crippen molar-refractivity contribution in [2.24, 2.45) is 0 Å². The highest BCUT2D eigenvalue weighted by Gasteiger charge is 2.12. The first-order valence-corrected chi connectivity index (χ1v) is 7.61. The van der Waals surface area contributed by atoms with Crippen molar-refractivity contribution in [3.8, 4) is 10.6 Å². The van der Waals surface area contributed by atoms with Crippen LogP contribution in [0, 0.1) is 5.82 Å². The average Bonchev–Trinajstić information content (AvgIpc) is 2.77. The van der Waals surface area contributed by atoms with Crippen LogP contribution >= 0.6 is 27.3 Å². The first-order valence-electron chi connectivity index (χ1n) is 6.00. The Morgan fingerprint density at radius 2 is 2.11 bits per heavy atom. The highest BCUT2D eigenvalue weighted by atomic mass is 79.9. The van der Waals surface area contributed by atoms with E-state index in [0.717, 1.165) is 26.5 Å². The van der Waals surface area contributed by atoms with Gasteiger partial charge >= 0.3 is 0 Å². The Morgan fingerprint density at radius 1 is 1.37 bits per heavy atom. The van der Waals surface area contributed by atoms with Gasteiger partial charge in [0.15, 0.2) is 0 Å². The molecule has 102 valence electrons. The topological polar surface area (TPSA) is 24.9 Å². The molecule has 1 aromatic carbocycles. The molecule has 19 heavy (non-hydrogen) atoms. The summed E-state index contributed by atoms with van der Waals surface area (Å²) in [5.41, 5.74) is 0.871. The third-order valence-electron chi connectivity index (χ3n) is 2.51. The molecule has 0 radical (unpaired) electrons. The van der Waals surface area contributed by atoms with E-state index in [2.05, 4.69) is 47.0 Å². The van der Waals surface area contributed by atoms with Crippen LogP contribution in [0.15, 0.2) is 28.9 Å². The molecule has 0 aliphatic rings. The molecule has 2 rings (SSSR count). The Labute approximate surface area is 125 Å². The summed E-state index contributed by atoms with van der Waals surface area (Å²) < 4.78 is 14.1. The summed E-state index contributed by atoms with van der Waals surface area (Å²) in [6, 6.07) is 4.65. The molecule has 0 bridgehead atoms. The molecule has 1 heterocycles.